The van der Waals surface area contributed by atoms with Gasteiger partial charge in [0, 0.05) is 19.5 Å². The number of carbonyl (C=O) groups is 2. The zero-order chi connectivity index (χ0) is 14.1. The summed E-state index contributed by atoms with van der Waals surface area (Å²) in [6.45, 7) is 1.88. The van der Waals surface area contributed by atoms with E-state index in [1.54, 1.807) is 13.1 Å². The van der Waals surface area contributed by atoms with Crippen molar-refractivity contribution in [1.82, 2.24) is 4.90 Å². The molecule has 4 nitrogen and oxygen atoms in total. The molecule has 4 heteroatoms. The highest BCUT2D eigenvalue weighted by Gasteiger charge is 2.07. The Morgan fingerprint density at radius 2 is 1.95 bits per heavy atom. The van der Waals surface area contributed by atoms with Crippen LogP contribution in [0.1, 0.15) is 25.3 Å². The first-order valence-corrected chi connectivity index (χ1v) is 6.27. The molecule has 0 heterocycles. The molecule has 1 rings (SSSR count). The molecule has 19 heavy (non-hydrogen) atoms. The fourth-order valence-electron chi connectivity index (χ4n) is 1.37. The summed E-state index contributed by atoms with van der Waals surface area (Å²) in [4.78, 5) is 24.3. The van der Waals surface area contributed by atoms with Gasteiger partial charge in [-0.1, -0.05) is 37.3 Å². The lowest BCUT2D eigenvalue weighted by Crippen LogP contribution is -2.28. The third kappa shape index (κ3) is 5.86. The number of ether oxygens (including phenoxy) is 1. The van der Waals surface area contributed by atoms with Crippen LogP contribution >= 0.6 is 0 Å². The third-order valence-electron chi connectivity index (χ3n) is 2.47. The van der Waals surface area contributed by atoms with Gasteiger partial charge >= 0.3 is 5.97 Å². The van der Waals surface area contributed by atoms with Gasteiger partial charge in [-0.15, -0.1) is 0 Å². The maximum Gasteiger partial charge on any atom is 0.307 e. The van der Waals surface area contributed by atoms with Crippen molar-refractivity contribution < 1.29 is 14.3 Å². The molecule has 0 radical (unpaired) electrons. The van der Waals surface area contributed by atoms with Crippen LogP contribution < -0.4 is 0 Å². The van der Waals surface area contributed by atoms with Crippen LogP contribution in [-0.4, -0.2) is 30.6 Å². The fraction of sp³-hybridized carbons (Fsp3) is 0.333. The number of nitrogens with zero attached hydrogens (tertiary/aromatic N) is 1. The molecule has 0 spiro atoms. The third-order valence-corrected chi connectivity index (χ3v) is 2.47. The monoisotopic (exact) mass is 261 g/mol. The highest BCUT2D eigenvalue weighted by molar-refractivity contribution is 5.91. The summed E-state index contributed by atoms with van der Waals surface area (Å²) in [6, 6.07) is 9.54. The zero-order valence-corrected chi connectivity index (χ0v) is 11.3. The van der Waals surface area contributed by atoms with Crippen molar-refractivity contribution in [2.24, 2.45) is 0 Å². The van der Waals surface area contributed by atoms with Gasteiger partial charge in [0.05, 0.1) is 0 Å². The predicted octanol–water partition coefficient (Wildman–Crippen LogP) is 2.46. The van der Waals surface area contributed by atoms with Crippen molar-refractivity contribution in [3.63, 3.8) is 0 Å². The molecule has 0 aliphatic heterocycles. The average molecular weight is 261 g/mol. The molecule has 0 unspecified atom stereocenters. The van der Waals surface area contributed by atoms with Gasteiger partial charge in [0.2, 0.25) is 5.91 Å². The molecule has 0 N–H and O–H groups in total. The molecule has 0 bridgehead atoms. The molecule has 1 aromatic carbocycles. The van der Waals surface area contributed by atoms with Crippen molar-refractivity contribution in [2.45, 2.75) is 19.8 Å². The number of amides is 1. The van der Waals surface area contributed by atoms with Gasteiger partial charge in [-0.25, -0.2) is 0 Å². The van der Waals surface area contributed by atoms with Crippen LogP contribution in [-0.2, 0) is 14.3 Å². The number of rotatable bonds is 6. The Bertz CT molecular complexity index is 440. The number of benzene rings is 1. The topological polar surface area (TPSA) is 46.6 Å². The second-order valence-corrected chi connectivity index (χ2v) is 4.18. The van der Waals surface area contributed by atoms with Crippen molar-refractivity contribution in [2.75, 3.05) is 13.8 Å². The quantitative estimate of drug-likeness (QED) is 0.449. The van der Waals surface area contributed by atoms with E-state index in [9.17, 15) is 9.59 Å². The summed E-state index contributed by atoms with van der Waals surface area (Å²) in [5.74, 6) is -0.484. The Labute approximate surface area is 113 Å². The number of likely N-dealkylation sites (N-methyl/N-ethyl adjacent to an activating group) is 1. The summed E-state index contributed by atoms with van der Waals surface area (Å²) in [7, 11) is 1.59. The second kappa shape index (κ2) is 8.08. The summed E-state index contributed by atoms with van der Waals surface area (Å²) in [6.07, 6.45) is 4.31. The fourth-order valence-corrected chi connectivity index (χ4v) is 1.37. The van der Waals surface area contributed by atoms with E-state index in [0.717, 1.165) is 12.0 Å². The van der Waals surface area contributed by atoms with E-state index in [2.05, 4.69) is 0 Å². The summed E-state index contributed by atoms with van der Waals surface area (Å²) < 4.78 is 4.95. The zero-order valence-electron chi connectivity index (χ0n) is 11.3. The Kier molecular flexibility index (Phi) is 6.36. The largest absolute Gasteiger partial charge is 0.444 e. The van der Waals surface area contributed by atoms with Gasteiger partial charge in [-0.3, -0.25) is 9.59 Å². The van der Waals surface area contributed by atoms with Crippen molar-refractivity contribution >= 4 is 18.0 Å². The maximum absolute atomic E-state index is 11.7. The minimum atomic E-state index is -0.283. The van der Waals surface area contributed by atoms with Crippen LogP contribution in [0.15, 0.2) is 36.4 Å². The highest BCUT2D eigenvalue weighted by Crippen LogP contribution is 2.02. The van der Waals surface area contributed by atoms with Crippen LogP contribution in [0.3, 0.4) is 0 Å². The lowest BCUT2D eigenvalue weighted by atomic mass is 10.2. The van der Waals surface area contributed by atoms with E-state index in [4.69, 9.17) is 4.74 Å². The first-order chi connectivity index (χ1) is 9.13. The summed E-state index contributed by atoms with van der Waals surface area (Å²) in [5.41, 5.74) is 0.951. The minimum absolute atomic E-state index is 0.0171. The first kappa shape index (κ1) is 15.0. The van der Waals surface area contributed by atoms with Crippen LogP contribution in [0.25, 0.3) is 6.08 Å². The highest BCUT2D eigenvalue weighted by atomic mass is 16.5. The van der Waals surface area contributed by atoms with Gasteiger partial charge in [0.1, 0.15) is 0 Å². The number of carbonyl (C=O) groups excluding carboxylic acids is 2. The van der Waals surface area contributed by atoms with Crippen molar-refractivity contribution in [1.29, 1.82) is 0 Å². The maximum atomic E-state index is 11.7. The number of esters is 1. The molecule has 1 aromatic rings. The van der Waals surface area contributed by atoms with Gasteiger partial charge in [-0.2, -0.15) is 0 Å². The van der Waals surface area contributed by atoms with Gasteiger partial charge < -0.3 is 9.64 Å². The number of hydrogen-bond donors (Lipinski definition) is 0. The molecule has 1 amide bonds. The Morgan fingerprint density at radius 1 is 1.26 bits per heavy atom. The molecule has 0 saturated carbocycles. The van der Waals surface area contributed by atoms with Crippen LogP contribution in [0.2, 0.25) is 0 Å². The molecular formula is C15H19NO3. The summed E-state index contributed by atoms with van der Waals surface area (Å²) in [5, 5.41) is 0. The van der Waals surface area contributed by atoms with Crippen LogP contribution in [0, 0.1) is 0 Å². The Balaban J connectivity index is 2.40. The molecule has 0 aromatic heterocycles. The molecule has 102 valence electrons. The van der Waals surface area contributed by atoms with Gasteiger partial charge in [-0.05, 0) is 18.1 Å². The molecule has 0 fully saturated rings. The SMILES string of the molecule is CCCC(=O)OCN(C)C(=O)/C=C/c1ccccc1. The standard InChI is InChI=1S/C15H19NO3/c1-3-7-15(18)19-12-16(2)14(17)11-10-13-8-5-4-6-9-13/h4-6,8-11H,3,7,12H2,1-2H3/b11-10+. The average Bonchev–Trinajstić information content (AvgIpc) is 2.43. The smallest absolute Gasteiger partial charge is 0.307 e. The van der Waals surface area contributed by atoms with Gasteiger partial charge in [0.15, 0.2) is 6.73 Å². The van der Waals surface area contributed by atoms with E-state index in [1.807, 2.05) is 37.3 Å². The molecule has 0 saturated heterocycles. The van der Waals surface area contributed by atoms with E-state index in [1.165, 1.54) is 11.0 Å². The predicted molar refractivity (Wildman–Crippen MR) is 74.1 cm³/mol. The minimum Gasteiger partial charge on any atom is -0.444 e. The van der Waals surface area contributed by atoms with E-state index >= 15 is 0 Å². The van der Waals surface area contributed by atoms with Crippen molar-refractivity contribution in [3.8, 4) is 0 Å². The van der Waals surface area contributed by atoms with E-state index in [-0.39, 0.29) is 18.6 Å². The second-order valence-electron chi connectivity index (χ2n) is 4.18. The molecule has 0 aliphatic carbocycles. The summed E-state index contributed by atoms with van der Waals surface area (Å²) >= 11 is 0. The lowest BCUT2D eigenvalue weighted by Gasteiger charge is -2.14. The van der Waals surface area contributed by atoms with E-state index in [0.29, 0.717) is 6.42 Å². The first-order valence-electron chi connectivity index (χ1n) is 6.27. The Morgan fingerprint density at radius 3 is 2.58 bits per heavy atom. The molecular weight excluding hydrogens is 242 g/mol. The van der Waals surface area contributed by atoms with Crippen molar-refractivity contribution in [3.05, 3.63) is 42.0 Å². The number of hydrogen-bond acceptors (Lipinski definition) is 3. The molecule has 0 atom stereocenters. The normalized spacial score (nSPS) is 10.4. The Hall–Kier alpha value is -2.10. The lowest BCUT2D eigenvalue weighted by molar-refractivity contribution is -0.150. The van der Waals surface area contributed by atoms with Gasteiger partial charge in [0.25, 0.3) is 0 Å². The van der Waals surface area contributed by atoms with Crippen LogP contribution in [0.4, 0.5) is 0 Å². The van der Waals surface area contributed by atoms with Crippen LogP contribution in [0.5, 0.6) is 0 Å². The molecule has 0 aliphatic rings. The van der Waals surface area contributed by atoms with E-state index < -0.39 is 0 Å².